The zero-order valence-electron chi connectivity index (χ0n) is 11.5. The third kappa shape index (κ3) is 5.26. The quantitative estimate of drug-likeness (QED) is 0.372. The predicted octanol–water partition coefficient (Wildman–Crippen LogP) is 2.40. The molecule has 1 fully saturated rings. The van der Waals surface area contributed by atoms with Gasteiger partial charge in [-0.05, 0) is 31.9 Å². The molecule has 4 nitrogen and oxygen atoms in total. The van der Waals surface area contributed by atoms with Crippen LogP contribution in [0.2, 0.25) is 0 Å². The maximum atomic E-state index is 5.88. The molecule has 106 valence electrons. The van der Waals surface area contributed by atoms with E-state index in [0.29, 0.717) is 25.2 Å². The van der Waals surface area contributed by atoms with Crippen LogP contribution < -0.4 is 10.5 Å². The van der Waals surface area contributed by atoms with Crippen LogP contribution in [0, 0.1) is 6.92 Å². The zero-order valence-corrected chi connectivity index (χ0v) is 13.8. The first-order valence-electron chi connectivity index (χ1n) is 6.39. The maximum absolute atomic E-state index is 5.88. The molecule has 1 saturated carbocycles. The molecule has 0 aromatic heterocycles. The number of guanidine groups is 1. The average Bonchev–Trinajstić information content (AvgIpc) is 3.20. The Morgan fingerprint density at radius 2 is 2.00 bits per heavy atom. The van der Waals surface area contributed by atoms with Gasteiger partial charge in [0.2, 0.25) is 0 Å². The highest BCUT2D eigenvalue weighted by Crippen LogP contribution is 2.24. The number of aryl methyl sites for hydroxylation is 1. The number of rotatable bonds is 5. The van der Waals surface area contributed by atoms with Crippen molar-refractivity contribution in [1.82, 2.24) is 4.90 Å². The summed E-state index contributed by atoms with van der Waals surface area (Å²) in [4.78, 5) is 6.36. The van der Waals surface area contributed by atoms with E-state index in [4.69, 9.17) is 10.5 Å². The van der Waals surface area contributed by atoms with E-state index in [1.54, 1.807) is 0 Å². The van der Waals surface area contributed by atoms with Crippen molar-refractivity contribution in [3.05, 3.63) is 29.8 Å². The van der Waals surface area contributed by atoms with Crippen LogP contribution in [-0.2, 0) is 0 Å². The number of benzene rings is 1. The predicted molar refractivity (Wildman–Crippen MR) is 89.4 cm³/mol. The summed E-state index contributed by atoms with van der Waals surface area (Å²) in [5.74, 6) is 1.50. The minimum Gasteiger partial charge on any atom is -0.492 e. The van der Waals surface area contributed by atoms with E-state index in [2.05, 4.69) is 11.9 Å². The van der Waals surface area contributed by atoms with Gasteiger partial charge in [0.15, 0.2) is 5.96 Å². The van der Waals surface area contributed by atoms with E-state index in [1.165, 1.54) is 18.4 Å². The molecule has 0 amide bonds. The number of hydrogen-bond donors (Lipinski definition) is 1. The molecule has 0 bridgehead atoms. The van der Waals surface area contributed by atoms with Gasteiger partial charge in [-0.1, -0.05) is 17.7 Å². The Morgan fingerprint density at radius 3 is 2.58 bits per heavy atom. The van der Waals surface area contributed by atoms with Gasteiger partial charge >= 0.3 is 0 Å². The Labute approximate surface area is 132 Å². The highest BCUT2D eigenvalue weighted by Gasteiger charge is 2.27. The highest BCUT2D eigenvalue weighted by atomic mass is 127. The van der Waals surface area contributed by atoms with Crippen molar-refractivity contribution in [2.24, 2.45) is 10.7 Å². The normalized spacial score (nSPS) is 14.7. The van der Waals surface area contributed by atoms with Crippen molar-refractivity contribution in [2.45, 2.75) is 25.8 Å². The molecule has 0 unspecified atom stereocenters. The molecule has 1 aliphatic rings. The third-order valence-corrected chi connectivity index (χ3v) is 3.11. The van der Waals surface area contributed by atoms with E-state index in [1.807, 2.05) is 36.2 Å². The van der Waals surface area contributed by atoms with Crippen LogP contribution >= 0.6 is 24.0 Å². The molecule has 1 aromatic carbocycles. The summed E-state index contributed by atoms with van der Waals surface area (Å²) in [7, 11) is 2.00. The molecular weight excluding hydrogens is 353 g/mol. The van der Waals surface area contributed by atoms with Crippen LogP contribution in [-0.4, -0.2) is 37.1 Å². The Kier molecular flexibility index (Phi) is 6.41. The van der Waals surface area contributed by atoms with Gasteiger partial charge in [-0.25, -0.2) is 4.99 Å². The van der Waals surface area contributed by atoms with Crippen LogP contribution in [0.15, 0.2) is 29.3 Å². The van der Waals surface area contributed by atoms with Gasteiger partial charge in [-0.3, -0.25) is 0 Å². The lowest BCUT2D eigenvalue weighted by molar-refractivity contribution is 0.327. The van der Waals surface area contributed by atoms with Gasteiger partial charge in [-0.2, -0.15) is 0 Å². The van der Waals surface area contributed by atoms with E-state index >= 15 is 0 Å². The Balaban J connectivity index is 0.00000180. The lowest BCUT2D eigenvalue weighted by Crippen LogP contribution is -2.36. The second-order valence-corrected chi connectivity index (χ2v) is 4.74. The van der Waals surface area contributed by atoms with Gasteiger partial charge in [0, 0.05) is 13.1 Å². The summed E-state index contributed by atoms with van der Waals surface area (Å²) < 4.78 is 5.59. The first kappa shape index (κ1) is 16.1. The molecule has 0 aliphatic heterocycles. The van der Waals surface area contributed by atoms with Crippen molar-refractivity contribution in [1.29, 1.82) is 0 Å². The number of hydrogen-bond acceptors (Lipinski definition) is 2. The molecule has 0 spiro atoms. The van der Waals surface area contributed by atoms with Crippen LogP contribution in [0.25, 0.3) is 0 Å². The maximum Gasteiger partial charge on any atom is 0.191 e. The molecule has 5 heteroatoms. The zero-order chi connectivity index (χ0) is 13.0. The Morgan fingerprint density at radius 1 is 1.37 bits per heavy atom. The fraction of sp³-hybridized carbons (Fsp3) is 0.500. The number of aliphatic imine (C=N–C) groups is 1. The second kappa shape index (κ2) is 7.57. The molecule has 0 saturated heterocycles. The molecule has 0 heterocycles. The third-order valence-electron chi connectivity index (χ3n) is 3.11. The van der Waals surface area contributed by atoms with E-state index in [0.717, 1.165) is 5.75 Å². The summed E-state index contributed by atoms with van der Waals surface area (Å²) in [5, 5.41) is 0. The van der Waals surface area contributed by atoms with Gasteiger partial charge in [-0.15, -0.1) is 24.0 Å². The average molecular weight is 375 g/mol. The summed E-state index contributed by atoms with van der Waals surface area (Å²) in [6.45, 7) is 3.21. The van der Waals surface area contributed by atoms with Crippen molar-refractivity contribution < 1.29 is 4.74 Å². The highest BCUT2D eigenvalue weighted by molar-refractivity contribution is 14.0. The standard InChI is InChI=1S/C14H21N3O.HI/c1-11-3-7-13(8-4-11)18-10-9-16-14(15)17(2)12-5-6-12;/h3-4,7-8,12H,5-6,9-10H2,1-2H3,(H2,15,16);1H. The monoisotopic (exact) mass is 375 g/mol. The van der Waals surface area contributed by atoms with E-state index in [-0.39, 0.29) is 24.0 Å². The largest absolute Gasteiger partial charge is 0.492 e. The minimum absolute atomic E-state index is 0. The number of nitrogens with zero attached hydrogens (tertiary/aromatic N) is 2. The molecule has 0 radical (unpaired) electrons. The number of nitrogens with two attached hydrogens (primary N) is 1. The van der Waals surface area contributed by atoms with Gasteiger partial charge in [0.1, 0.15) is 12.4 Å². The molecule has 1 aliphatic carbocycles. The van der Waals surface area contributed by atoms with Crippen LogP contribution in [0.5, 0.6) is 5.75 Å². The van der Waals surface area contributed by atoms with Crippen molar-refractivity contribution in [3.8, 4) is 5.75 Å². The van der Waals surface area contributed by atoms with Gasteiger partial charge in [0.25, 0.3) is 0 Å². The SMILES string of the molecule is Cc1ccc(OCCN=C(N)N(C)C2CC2)cc1.I. The van der Waals surface area contributed by atoms with E-state index in [9.17, 15) is 0 Å². The fourth-order valence-electron chi connectivity index (χ4n) is 1.72. The number of ether oxygens (including phenoxy) is 1. The lowest BCUT2D eigenvalue weighted by atomic mass is 10.2. The molecule has 2 rings (SSSR count). The summed E-state index contributed by atoms with van der Waals surface area (Å²) in [5.41, 5.74) is 7.11. The minimum atomic E-state index is 0. The van der Waals surface area contributed by atoms with Crippen molar-refractivity contribution in [3.63, 3.8) is 0 Å². The Bertz CT molecular complexity index is 415. The lowest BCUT2D eigenvalue weighted by Gasteiger charge is -2.16. The first-order chi connectivity index (χ1) is 8.66. The number of halogens is 1. The fourth-order valence-corrected chi connectivity index (χ4v) is 1.72. The van der Waals surface area contributed by atoms with Gasteiger partial charge in [0.05, 0.1) is 6.54 Å². The molecule has 19 heavy (non-hydrogen) atoms. The van der Waals surface area contributed by atoms with Crippen LogP contribution in [0.4, 0.5) is 0 Å². The second-order valence-electron chi connectivity index (χ2n) is 4.74. The van der Waals surface area contributed by atoms with Crippen molar-refractivity contribution in [2.75, 3.05) is 20.2 Å². The van der Waals surface area contributed by atoms with Crippen LogP contribution in [0.1, 0.15) is 18.4 Å². The van der Waals surface area contributed by atoms with E-state index < -0.39 is 0 Å². The summed E-state index contributed by atoms with van der Waals surface area (Å²) in [6.07, 6.45) is 2.46. The van der Waals surface area contributed by atoms with Gasteiger partial charge < -0.3 is 15.4 Å². The molecule has 0 atom stereocenters. The Hall–Kier alpha value is -0.980. The molecular formula is C14H22IN3O. The summed E-state index contributed by atoms with van der Waals surface area (Å²) >= 11 is 0. The van der Waals surface area contributed by atoms with Crippen LogP contribution in [0.3, 0.4) is 0 Å². The smallest absolute Gasteiger partial charge is 0.191 e. The summed E-state index contributed by atoms with van der Waals surface area (Å²) in [6, 6.07) is 8.62. The first-order valence-corrected chi connectivity index (χ1v) is 6.39. The molecule has 1 aromatic rings. The topological polar surface area (TPSA) is 50.9 Å². The molecule has 2 N–H and O–H groups in total. The van der Waals surface area contributed by atoms with Crippen molar-refractivity contribution >= 4 is 29.9 Å².